The number of epoxide rings is 1. The van der Waals surface area contributed by atoms with E-state index >= 15 is 4.39 Å². The predicted molar refractivity (Wildman–Crippen MR) is 205 cm³/mol. The van der Waals surface area contributed by atoms with Gasteiger partial charge >= 0.3 is 11.9 Å². The standard InChI is InChI=1S/C46H55FO12/c1-24-17-32-31-8-6-26-19-28(49)12-15-41(26,3)45(31,47)34(51)21-44(32)46(24,59-44)36(53)23-58-38(55)10-9-37(54)57-22-35(52)43(56)16-13-30-29-7-5-25-18-27(48)11-14-40(25,2)39(29)33(50)20-42(30,43)4/h11-12,14-15,18-19,24,29-34,39,50-51,56H,5-10,13,16-17,20-23H2,1-4H3/t24-,29?,30?,31?,32?,33-,34-,39?,40-,41-,42-,43-,44+,45-,46-/m0/s1. The molecule has 0 aromatic carbocycles. The van der Waals surface area contributed by atoms with Crippen molar-refractivity contribution in [2.24, 2.45) is 51.8 Å². The van der Waals surface area contributed by atoms with E-state index in [4.69, 9.17) is 14.2 Å². The molecule has 59 heavy (non-hydrogen) atoms. The smallest absolute Gasteiger partial charge is 0.306 e. The molecule has 9 rings (SSSR count). The Kier molecular flexibility index (Phi) is 9.10. The number of aliphatic hydroxyl groups excluding tert-OH is 2. The molecule has 9 aliphatic rings. The molecule has 7 fully saturated rings. The quantitative estimate of drug-likeness (QED) is 0.223. The molecule has 6 saturated carbocycles. The first-order valence-electron chi connectivity index (χ1n) is 21.5. The van der Waals surface area contributed by atoms with Crippen LogP contribution in [0.25, 0.3) is 0 Å². The van der Waals surface area contributed by atoms with Crippen LogP contribution in [0.2, 0.25) is 0 Å². The van der Waals surface area contributed by atoms with E-state index in [0.717, 1.165) is 12.0 Å². The first kappa shape index (κ1) is 40.7. The molecule has 15 atom stereocenters. The number of aliphatic hydroxyl groups is 3. The fourth-order valence-corrected chi connectivity index (χ4v) is 14.8. The van der Waals surface area contributed by atoms with Crippen LogP contribution in [0, 0.1) is 51.8 Å². The lowest BCUT2D eigenvalue weighted by molar-refractivity contribution is -0.181. The summed E-state index contributed by atoms with van der Waals surface area (Å²) in [7, 11) is 0. The van der Waals surface area contributed by atoms with Gasteiger partial charge in [0.25, 0.3) is 0 Å². The fraction of sp³-hybridized carbons (Fsp3) is 0.696. The SMILES string of the molecule is C[C@H]1CC2C3CCC4=CC(=O)C=C[C@]4(C)[C@@]3(F)[C@@H](O)C[C@@]23O[C@]13C(=O)COC(=O)CCC(=O)OCC(=O)[C@@]1(O)CCC2C3CCC4=CC(=O)C=C[C@]4(C)C3[C@@H](O)C[C@@]21C. The summed E-state index contributed by atoms with van der Waals surface area (Å²) >= 11 is 0. The number of rotatable bonds is 9. The minimum absolute atomic E-state index is 0.0134. The van der Waals surface area contributed by atoms with Crippen LogP contribution >= 0.6 is 0 Å². The molecular formula is C46H55FO12. The molecule has 1 spiro atoms. The van der Waals surface area contributed by atoms with Gasteiger partial charge in [0.2, 0.25) is 11.6 Å². The van der Waals surface area contributed by atoms with Crippen LogP contribution in [0.5, 0.6) is 0 Å². The van der Waals surface area contributed by atoms with Crippen LogP contribution in [0.1, 0.15) is 98.3 Å². The maximum Gasteiger partial charge on any atom is 0.306 e. The van der Waals surface area contributed by atoms with Gasteiger partial charge in [-0.3, -0.25) is 28.8 Å². The number of fused-ring (bicyclic) bond motifs is 9. The third-order valence-electron chi connectivity index (χ3n) is 17.7. The highest BCUT2D eigenvalue weighted by atomic mass is 19.1. The molecule has 0 bridgehead atoms. The van der Waals surface area contributed by atoms with Crippen molar-refractivity contribution in [2.45, 2.75) is 133 Å². The van der Waals surface area contributed by atoms with Gasteiger partial charge in [-0.15, -0.1) is 0 Å². The van der Waals surface area contributed by atoms with E-state index in [0.29, 0.717) is 37.7 Å². The van der Waals surface area contributed by atoms with Crippen molar-refractivity contribution in [1.29, 1.82) is 0 Å². The molecule has 12 nitrogen and oxygen atoms in total. The molecule has 8 aliphatic carbocycles. The van der Waals surface area contributed by atoms with Crippen molar-refractivity contribution in [3.63, 3.8) is 0 Å². The lowest BCUT2D eigenvalue weighted by Gasteiger charge is -2.59. The number of ether oxygens (including phenoxy) is 3. The molecular weight excluding hydrogens is 763 g/mol. The Balaban J connectivity index is 0.777. The van der Waals surface area contributed by atoms with E-state index in [1.807, 2.05) is 19.9 Å². The van der Waals surface area contributed by atoms with Crippen LogP contribution in [0.15, 0.2) is 47.6 Å². The average molecular weight is 819 g/mol. The zero-order valence-corrected chi connectivity index (χ0v) is 34.2. The molecule has 1 heterocycles. The first-order valence-corrected chi connectivity index (χ1v) is 21.5. The molecule has 3 N–H and O–H groups in total. The highest BCUT2D eigenvalue weighted by Crippen LogP contribution is 2.76. The minimum atomic E-state index is -2.06. The van der Waals surface area contributed by atoms with Crippen LogP contribution in [-0.2, 0) is 43.0 Å². The molecule has 1 saturated heterocycles. The number of Topliss-reactive ketones (excluding diaryl/α,β-unsaturated/α-hetero) is 2. The largest absolute Gasteiger partial charge is 0.458 e. The van der Waals surface area contributed by atoms with Gasteiger partial charge in [-0.2, -0.15) is 0 Å². The minimum Gasteiger partial charge on any atom is -0.458 e. The Bertz CT molecular complexity index is 2070. The molecule has 0 aromatic rings. The number of esters is 2. The molecule has 0 amide bonds. The number of alkyl halides is 1. The molecule has 0 aromatic heterocycles. The lowest BCUT2D eigenvalue weighted by atomic mass is 9.46. The topological polar surface area (TPSA) is 194 Å². The number of carbonyl (C=O) groups is 6. The Labute approximate surface area is 342 Å². The summed E-state index contributed by atoms with van der Waals surface area (Å²) in [4.78, 5) is 77.3. The van der Waals surface area contributed by atoms with Crippen molar-refractivity contribution >= 4 is 35.1 Å². The normalized spacial score (nSPS) is 48.5. The summed E-state index contributed by atoms with van der Waals surface area (Å²) in [5.74, 6) is -4.67. The highest BCUT2D eigenvalue weighted by molar-refractivity contribution is 6.02. The van der Waals surface area contributed by atoms with Crippen molar-refractivity contribution in [3.05, 3.63) is 47.6 Å². The van der Waals surface area contributed by atoms with Gasteiger partial charge in [-0.1, -0.05) is 44.1 Å². The molecule has 1 aliphatic heterocycles. The zero-order valence-electron chi connectivity index (χ0n) is 34.2. The van der Waals surface area contributed by atoms with Gasteiger partial charge in [0.05, 0.1) is 25.0 Å². The number of halogens is 1. The molecule has 5 unspecified atom stereocenters. The van der Waals surface area contributed by atoms with Gasteiger partial charge < -0.3 is 29.5 Å². The van der Waals surface area contributed by atoms with E-state index in [1.165, 1.54) is 12.2 Å². The van der Waals surface area contributed by atoms with Crippen LogP contribution in [0.3, 0.4) is 0 Å². The van der Waals surface area contributed by atoms with Crippen molar-refractivity contribution < 1.29 is 62.7 Å². The van der Waals surface area contributed by atoms with Gasteiger partial charge in [0, 0.05) is 34.5 Å². The van der Waals surface area contributed by atoms with E-state index < -0.39 is 106 Å². The average Bonchev–Trinajstić information content (AvgIpc) is 3.69. The predicted octanol–water partition coefficient (Wildman–Crippen LogP) is 4.12. The Morgan fingerprint density at radius 3 is 2.15 bits per heavy atom. The summed E-state index contributed by atoms with van der Waals surface area (Å²) < 4.78 is 34.3. The number of hydrogen-bond donors (Lipinski definition) is 3. The second-order valence-electron chi connectivity index (χ2n) is 20.0. The summed E-state index contributed by atoms with van der Waals surface area (Å²) in [6, 6.07) is 0. The van der Waals surface area contributed by atoms with Crippen molar-refractivity contribution in [2.75, 3.05) is 13.2 Å². The number of carbonyl (C=O) groups excluding carboxylic acids is 6. The number of allylic oxidation sites excluding steroid dienone is 8. The third-order valence-corrected chi connectivity index (χ3v) is 17.7. The fourth-order valence-electron chi connectivity index (χ4n) is 14.8. The molecule has 13 heteroatoms. The number of hydrogen-bond acceptors (Lipinski definition) is 12. The second-order valence-corrected chi connectivity index (χ2v) is 20.0. The lowest BCUT2D eigenvalue weighted by Crippen LogP contribution is -2.66. The van der Waals surface area contributed by atoms with Gasteiger partial charge in [-0.25, -0.2) is 4.39 Å². The zero-order chi connectivity index (χ0) is 42.3. The maximum atomic E-state index is 17.4. The van der Waals surface area contributed by atoms with Crippen LogP contribution < -0.4 is 0 Å². The maximum absolute atomic E-state index is 17.4. The third kappa shape index (κ3) is 5.26. The van der Waals surface area contributed by atoms with E-state index in [2.05, 4.69) is 6.92 Å². The van der Waals surface area contributed by atoms with Crippen molar-refractivity contribution in [3.8, 4) is 0 Å². The van der Waals surface area contributed by atoms with E-state index in [-0.39, 0.29) is 60.4 Å². The highest BCUT2D eigenvalue weighted by Gasteiger charge is 2.88. The summed E-state index contributed by atoms with van der Waals surface area (Å²) in [5, 5.41) is 35.1. The summed E-state index contributed by atoms with van der Waals surface area (Å²) in [6.07, 6.45) is 9.93. The Morgan fingerprint density at radius 2 is 1.46 bits per heavy atom. The molecule has 0 radical (unpaired) electrons. The Morgan fingerprint density at radius 1 is 0.831 bits per heavy atom. The monoisotopic (exact) mass is 818 g/mol. The van der Waals surface area contributed by atoms with Crippen molar-refractivity contribution in [1.82, 2.24) is 0 Å². The second kappa shape index (κ2) is 13.2. The number of ketones is 4. The Hall–Kier alpha value is -3.65. The molecule has 318 valence electrons. The van der Waals surface area contributed by atoms with E-state index in [9.17, 15) is 44.1 Å². The van der Waals surface area contributed by atoms with Crippen LogP contribution in [0.4, 0.5) is 4.39 Å². The van der Waals surface area contributed by atoms with Crippen LogP contribution in [-0.4, -0.2) is 98.3 Å². The van der Waals surface area contributed by atoms with Gasteiger partial charge in [0.1, 0.15) is 11.2 Å². The summed E-state index contributed by atoms with van der Waals surface area (Å²) in [5.41, 5.74) is -7.30. The van der Waals surface area contributed by atoms with Gasteiger partial charge in [0.15, 0.2) is 36.1 Å². The summed E-state index contributed by atoms with van der Waals surface area (Å²) in [6.45, 7) is 6.12. The van der Waals surface area contributed by atoms with E-state index in [1.54, 1.807) is 25.2 Å². The first-order chi connectivity index (χ1) is 27.7. The van der Waals surface area contributed by atoms with Gasteiger partial charge in [-0.05, 0) is 106 Å².